The molecule has 1 aliphatic heterocycles. The van der Waals surface area contributed by atoms with Gasteiger partial charge >= 0.3 is 0 Å². The molecule has 0 radical (unpaired) electrons. The van der Waals surface area contributed by atoms with Gasteiger partial charge in [0.2, 0.25) is 0 Å². The maximum atomic E-state index is 5.35. The lowest BCUT2D eigenvalue weighted by Gasteiger charge is -2.04. The van der Waals surface area contributed by atoms with E-state index in [0.717, 1.165) is 18.8 Å². The molecule has 0 amide bonds. The molecule has 0 bridgehead atoms. The highest BCUT2D eigenvalue weighted by atomic mass is 16.5. The highest BCUT2D eigenvalue weighted by Crippen LogP contribution is 2.27. The lowest BCUT2D eigenvalue weighted by Crippen LogP contribution is -1.86. The summed E-state index contributed by atoms with van der Waals surface area (Å²) in [6.07, 6.45) is 8.00. The van der Waals surface area contributed by atoms with E-state index >= 15 is 0 Å². The molecule has 0 saturated carbocycles. The SMILES string of the molecule is C1=C2CCOC2=CCC1. The van der Waals surface area contributed by atoms with E-state index in [2.05, 4.69) is 12.2 Å². The Kier molecular flexibility index (Phi) is 1.08. The van der Waals surface area contributed by atoms with Crippen LogP contribution in [0.1, 0.15) is 19.3 Å². The third kappa shape index (κ3) is 0.766. The number of rotatable bonds is 0. The van der Waals surface area contributed by atoms with Crippen LogP contribution in [0.4, 0.5) is 0 Å². The quantitative estimate of drug-likeness (QED) is 0.477. The number of ether oxygens (including phenoxy) is 1. The molecular weight excluding hydrogens is 112 g/mol. The molecule has 1 fully saturated rings. The van der Waals surface area contributed by atoms with Gasteiger partial charge in [-0.25, -0.2) is 0 Å². The molecule has 0 aromatic carbocycles. The van der Waals surface area contributed by atoms with E-state index in [0.29, 0.717) is 0 Å². The molecule has 48 valence electrons. The van der Waals surface area contributed by atoms with E-state index in [-0.39, 0.29) is 0 Å². The molecule has 0 atom stereocenters. The van der Waals surface area contributed by atoms with Crippen LogP contribution in [0.2, 0.25) is 0 Å². The van der Waals surface area contributed by atoms with Crippen molar-refractivity contribution in [3.8, 4) is 0 Å². The van der Waals surface area contributed by atoms with Crippen molar-refractivity contribution in [2.75, 3.05) is 6.61 Å². The Labute approximate surface area is 55.0 Å². The predicted octanol–water partition coefficient (Wildman–Crippen LogP) is 2.01. The van der Waals surface area contributed by atoms with Gasteiger partial charge in [0.1, 0.15) is 5.76 Å². The van der Waals surface area contributed by atoms with E-state index in [1.165, 1.54) is 18.4 Å². The van der Waals surface area contributed by atoms with E-state index in [9.17, 15) is 0 Å². The number of hydrogen-bond acceptors (Lipinski definition) is 1. The predicted molar refractivity (Wildman–Crippen MR) is 36.0 cm³/mol. The van der Waals surface area contributed by atoms with Gasteiger partial charge in [-0.2, -0.15) is 0 Å². The van der Waals surface area contributed by atoms with Crippen LogP contribution in [0.5, 0.6) is 0 Å². The molecule has 0 aromatic heterocycles. The smallest absolute Gasteiger partial charge is 0.118 e. The van der Waals surface area contributed by atoms with Crippen molar-refractivity contribution >= 4 is 0 Å². The minimum absolute atomic E-state index is 0.900. The molecule has 0 unspecified atom stereocenters. The largest absolute Gasteiger partial charge is 0.493 e. The highest BCUT2D eigenvalue weighted by Gasteiger charge is 2.15. The molecule has 1 nitrogen and oxygen atoms in total. The normalized spacial score (nSPS) is 24.0. The van der Waals surface area contributed by atoms with Crippen molar-refractivity contribution < 1.29 is 4.74 Å². The first kappa shape index (κ1) is 5.10. The first-order valence-electron chi connectivity index (χ1n) is 3.49. The summed E-state index contributed by atoms with van der Waals surface area (Å²) < 4.78 is 5.35. The Morgan fingerprint density at radius 2 is 2.11 bits per heavy atom. The first-order chi connectivity index (χ1) is 4.47. The van der Waals surface area contributed by atoms with E-state index < -0.39 is 0 Å². The highest BCUT2D eigenvalue weighted by molar-refractivity contribution is 5.31. The van der Waals surface area contributed by atoms with Gasteiger partial charge in [0.05, 0.1) is 6.61 Å². The molecule has 1 heterocycles. The second-order valence-corrected chi connectivity index (χ2v) is 2.47. The lowest BCUT2D eigenvalue weighted by atomic mass is 10.1. The molecule has 1 heteroatoms. The summed E-state index contributed by atoms with van der Waals surface area (Å²) >= 11 is 0. The van der Waals surface area contributed by atoms with E-state index in [1.54, 1.807) is 0 Å². The standard InChI is InChI=1S/C8H10O/c1-2-4-8-7(3-1)5-6-9-8/h3-4H,1-2,5-6H2. The van der Waals surface area contributed by atoms with Crippen LogP contribution >= 0.6 is 0 Å². The van der Waals surface area contributed by atoms with Crippen molar-refractivity contribution in [2.24, 2.45) is 0 Å². The van der Waals surface area contributed by atoms with Gasteiger partial charge in [-0.3, -0.25) is 0 Å². The average Bonchev–Trinajstić information content (AvgIpc) is 2.33. The van der Waals surface area contributed by atoms with Crippen LogP contribution in [0, 0.1) is 0 Å². The van der Waals surface area contributed by atoms with Crippen LogP contribution in [0.25, 0.3) is 0 Å². The first-order valence-corrected chi connectivity index (χ1v) is 3.49. The summed E-state index contributed by atoms with van der Waals surface area (Å²) in [7, 11) is 0. The summed E-state index contributed by atoms with van der Waals surface area (Å²) in [5, 5.41) is 0. The van der Waals surface area contributed by atoms with Gasteiger partial charge in [-0.1, -0.05) is 6.08 Å². The zero-order valence-corrected chi connectivity index (χ0v) is 5.39. The maximum absolute atomic E-state index is 5.35. The molecule has 0 aromatic rings. The third-order valence-electron chi connectivity index (χ3n) is 1.83. The molecule has 0 N–H and O–H groups in total. The molecule has 1 saturated heterocycles. The molecule has 0 spiro atoms. The summed E-state index contributed by atoms with van der Waals surface area (Å²) in [4.78, 5) is 0. The summed E-state index contributed by atoms with van der Waals surface area (Å²) in [5.41, 5.74) is 1.43. The molecule has 2 aliphatic rings. The zero-order chi connectivity index (χ0) is 6.10. The summed E-state index contributed by atoms with van der Waals surface area (Å²) in [5.74, 6) is 1.15. The van der Waals surface area contributed by atoms with Crippen molar-refractivity contribution in [2.45, 2.75) is 19.3 Å². The monoisotopic (exact) mass is 122 g/mol. The van der Waals surface area contributed by atoms with Crippen LogP contribution in [-0.4, -0.2) is 6.61 Å². The van der Waals surface area contributed by atoms with Crippen molar-refractivity contribution in [1.82, 2.24) is 0 Å². The second-order valence-electron chi connectivity index (χ2n) is 2.47. The summed E-state index contributed by atoms with van der Waals surface area (Å²) in [6.45, 7) is 0.900. The van der Waals surface area contributed by atoms with Crippen LogP contribution in [-0.2, 0) is 4.74 Å². The van der Waals surface area contributed by atoms with Crippen LogP contribution in [0.15, 0.2) is 23.5 Å². The van der Waals surface area contributed by atoms with Gasteiger partial charge in [0.25, 0.3) is 0 Å². The molecular formula is C8H10O. The minimum Gasteiger partial charge on any atom is -0.493 e. The van der Waals surface area contributed by atoms with E-state index in [1.807, 2.05) is 0 Å². The topological polar surface area (TPSA) is 9.23 Å². The van der Waals surface area contributed by atoms with Gasteiger partial charge in [-0.05, 0) is 24.5 Å². The fourth-order valence-corrected chi connectivity index (χ4v) is 1.35. The van der Waals surface area contributed by atoms with Crippen molar-refractivity contribution in [3.63, 3.8) is 0 Å². The minimum atomic E-state index is 0.900. The van der Waals surface area contributed by atoms with Gasteiger partial charge in [-0.15, -0.1) is 0 Å². The third-order valence-corrected chi connectivity index (χ3v) is 1.83. The van der Waals surface area contributed by atoms with E-state index in [4.69, 9.17) is 4.74 Å². The number of hydrogen-bond donors (Lipinski definition) is 0. The zero-order valence-electron chi connectivity index (χ0n) is 5.39. The number of allylic oxidation sites excluding steroid dienone is 3. The summed E-state index contributed by atoms with van der Waals surface area (Å²) in [6, 6.07) is 0. The molecule has 1 aliphatic carbocycles. The number of fused-ring (bicyclic) bond motifs is 1. The van der Waals surface area contributed by atoms with Gasteiger partial charge in [0, 0.05) is 6.42 Å². The Hall–Kier alpha value is -0.720. The van der Waals surface area contributed by atoms with Crippen LogP contribution < -0.4 is 0 Å². The lowest BCUT2D eigenvalue weighted by molar-refractivity contribution is 0.264. The Balaban J connectivity index is 2.30. The van der Waals surface area contributed by atoms with Crippen molar-refractivity contribution in [1.29, 1.82) is 0 Å². The average molecular weight is 122 g/mol. The Morgan fingerprint density at radius 1 is 1.22 bits per heavy atom. The second kappa shape index (κ2) is 1.90. The molecule has 9 heavy (non-hydrogen) atoms. The maximum Gasteiger partial charge on any atom is 0.118 e. The fraction of sp³-hybridized carbons (Fsp3) is 0.500. The van der Waals surface area contributed by atoms with Crippen molar-refractivity contribution in [3.05, 3.63) is 23.5 Å². The Morgan fingerprint density at radius 3 is 3.00 bits per heavy atom. The van der Waals surface area contributed by atoms with Gasteiger partial charge < -0.3 is 4.74 Å². The Bertz CT molecular complexity index is 157. The molecule has 2 rings (SSSR count). The van der Waals surface area contributed by atoms with Crippen LogP contribution in [0.3, 0.4) is 0 Å². The van der Waals surface area contributed by atoms with Gasteiger partial charge in [0.15, 0.2) is 0 Å². The fourth-order valence-electron chi connectivity index (χ4n) is 1.35.